The van der Waals surface area contributed by atoms with E-state index in [0.29, 0.717) is 18.0 Å². The van der Waals surface area contributed by atoms with E-state index in [1.807, 2.05) is 6.07 Å². The number of hydrogen-bond donors (Lipinski definition) is 0. The number of hydrogen-bond acceptors (Lipinski definition) is 3. The summed E-state index contributed by atoms with van der Waals surface area (Å²) in [6.45, 7) is 9.71. The van der Waals surface area contributed by atoms with Crippen LogP contribution in [0.1, 0.15) is 51.3 Å². The zero-order chi connectivity index (χ0) is 22.1. The van der Waals surface area contributed by atoms with Crippen LogP contribution in [-0.4, -0.2) is 34.1 Å². The van der Waals surface area contributed by atoms with Crippen LogP contribution in [-0.2, 0) is 0 Å². The molecule has 4 heteroatoms. The molecule has 2 aromatic heterocycles. The lowest BCUT2D eigenvalue weighted by Gasteiger charge is -2.36. The number of likely N-dealkylation sites (tertiary alicyclic amines) is 1. The molecule has 0 spiro atoms. The monoisotopic (exact) mass is 427 g/mol. The van der Waals surface area contributed by atoms with Crippen molar-refractivity contribution in [2.24, 2.45) is 5.92 Å². The number of rotatable bonds is 6. The number of nitrogens with zero attached hydrogens (tertiary/aromatic N) is 3. The Bertz CT molecular complexity index is 1190. The van der Waals surface area contributed by atoms with Crippen molar-refractivity contribution in [1.82, 2.24) is 14.5 Å². The fourth-order valence-corrected chi connectivity index (χ4v) is 4.88. The predicted octanol–water partition coefficient (Wildman–Crippen LogP) is 6.62. The summed E-state index contributed by atoms with van der Waals surface area (Å²) < 4.78 is 8.66. The van der Waals surface area contributed by atoms with Crippen LogP contribution in [0.15, 0.2) is 67.0 Å². The van der Waals surface area contributed by atoms with Crippen molar-refractivity contribution in [2.75, 3.05) is 19.7 Å². The van der Waals surface area contributed by atoms with Crippen molar-refractivity contribution in [2.45, 2.75) is 45.7 Å². The molecule has 1 saturated heterocycles. The zero-order valence-corrected chi connectivity index (χ0v) is 19.4. The molecule has 0 N–H and O–H groups in total. The van der Waals surface area contributed by atoms with Gasteiger partial charge in [-0.2, -0.15) is 0 Å². The third-order valence-electron chi connectivity index (χ3n) is 7.02. The lowest BCUT2D eigenvalue weighted by atomic mass is 9.95. The number of para-hydroxylation sites is 1. The maximum Gasteiger partial charge on any atom is 0.223 e. The Morgan fingerprint density at radius 3 is 2.31 bits per heavy atom. The van der Waals surface area contributed by atoms with Crippen molar-refractivity contribution >= 4 is 21.7 Å². The van der Waals surface area contributed by atoms with Crippen LogP contribution in [0.25, 0.3) is 21.7 Å². The molecule has 4 nitrogen and oxygen atoms in total. The van der Waals surface area contributed by atoms with Gasteiger partial charge in [-0.25, -0.2) is 4.98 Å². The van der Waals surface area contributed by atoms with E-state index in [9.17, 15) is 0 Å². The maximum atomic E-state index is 6.40. The molecule has 1 unspecified atom stereocenters. The topological polar surface area (TPSA) is 30.3 Å². The van der Waals surface area contributed by atoms with E-state index < -0.39 is 0 Å². The highest BCUT2D eigenvalue weighted by atomic mass is 16.5. The van der Waals surface area contributed by atoms with Crippen LogP contribution >= 0.6 is 0 Å². The molecule has 32 heavy (non-hydrogen) atoms. The number of fused-ring (bicyclic) bond motifs is 3. The molecular formula is C28H33N3O. The molecule has 0 bridgehead atoms. The quantitative estimate of drug-likeness (QED) is 0.346. The van der Waals surface area contributed by atoms with E-state index in [1.54, 1.807) is 0 Å². The summed E-state index contributed by atoms with van der Waals surface area (Å²) in [6, 6.07) is 20.1. The summed E-state index contributed by atoms with van der Waals surface area (Å²) >= 11 is 0. The molecule has 0 saturated carbocycles. The smallest absolute Gasteiger partial charge is 0.223 e. The summed E-state index contributed by atoms with van der Waals surface area (Å²) in [7, 11) is 0. The van der Waals surface area contributed by atoms with Crippen molar-refractivity contribution < 1.29 is 4.74 Å². The van der Waals surface area contributed by atoms with Gasteiger partial charge < -0.3 is 9.30 Å². The van der Waals surface area contributed by atoms with E-state index in [0.717, 1.165) is 36.5 Å². The van der Waals surface area contributed by atoms with Gasteiger partial charge in [0.2, 0.25) is 5.88 Å². The first kappa shape index (κ1) is 21.0. The van der Waals surface area contributed by atoms with Gasteiger partial charge in [0, 0.05) is 35.2 Å². The van der Waals surface area contributed by atoms with Crippen LogP contribution in [0.4, 0.5) is 0 Å². The maximum absolute atomic E-state index is 6.40. The fraction of sp³-hybridized carbons (Fsp3) is 0.393. The van der Waals surface area contributed by atoms with Gasteiger partial charge in [0.15, 0.2) is 0 Å². The van der Waals surface area contributed by atoms with Gasteiger partial charge in [-0.05, 0) is 64.3 Å². The number of aromatic nitrogens is 2. The van der Waals surface area contributed by atoms with E-state index in [1.165, 1.54) is 29.2 Å². The molecular weight excluding hydrogens is 394 g/mol. The molecule has 0 aliphatic carbocycles. The predicted molar refractivity (Wildman–Crippen MR) is 132 cm³/mol. The minimum atomic E-state index is 0.407. The highest BCUT2D eigenvalue weighted by molar-refractivity contribution is 6.07. The molecule has 1 fully saturated rings. The second kappa shape index (κ2) is 8.95. The van der Waals surface area contributed by atoms with E-state index in [4.69, 9.17) is 9.72 Å². The molecule has 166 valence electrons. The van der Waals surface area contributed by atoms with Gasteiger partial charge in [-0.1, -0.05) is 48.5 Å². The molecule has 1 atom stereocenters. The molecule has 4 aromatic rings. The molecule has 0 amide bonds. The summed E-state index contributed by atoms with van der Waals surface area (Å²) in [4.78, 5) is 7.50. The SMILES string of the molecule is CC(c1ccccc1)N1CCC(COc2nc3ccccc3c3cn(C(C)C)cc23)CC1. The van der Waals surface area contributed by atoms with Gasteiger partial charge in [0.05, 0.1) is 17.5 Å². The van der Waals surface area contributed by atoms with Gasteiger partial charge in [-0.15, -0.1) is 0 Å². The summed E-state index contributed by atoms with van der Waals surface area (Å²) in [5.74, 6) is 1.35. The van der Waals surface area contributed by atoms with E-state index in [2.05, 4.69) is 91.2 Å². The summed E-state index contributed by atoms with van der Waals surface area (Å²) in [6.07, 6.45) is 6.76. The summed E-state index contributed by atoms with van der Waals surface area (Å²) in [5, 5.41) is 3.54. The van der Waals surface area contributed by atoms with Crippen LogP contribution in [0.3, 0.4) is 0 Å². The first-order valence-electron chi connectivity index (χ1n) is 11.9. The summed E-state index contributed by atoms with van der Waals surface area (Å²) in [5.41, 5.74) is 2.41. The van der Waals surface area contributed by atoms with Crippen LogP contribution < -0.4 is 4.74 Å². The largest absolute Gasteiger partial charge is 0.477 e. The van der Waals surface area contributed by atoms with Gasteiger partial charge in [0.25, 0.3) is 0 Å². The normalized spacial score (nSPS) is 16.8. The lowest BCUT2D eigenvalue weighted by Crippen LogP contribution is -2.37. The highest BCUT2D eigenvalue weighted by Gasteiger charge is 2.24. The molecule has 1 aliphatic heterocycles. The Balaban J connectivity index is 1.29. The molecule has 0 radical (unpaired) electrons. The van der Waals surface area contributed by atoms with Crippen LogP contribution in [0.2, 0.25) is 0 Å². The molecule has 3 heterocycles. The van der Waals surface area contributed by atoms with Gasteiger partial charge in [-0.3, -0.25) is 4.90 Å². The molecule has 5 rings (SSSR count). The Kier molecular flexibility index (Phi) is 5.88. The first-order valence-corrected chi connectivity index (χ1v) is 11.9. The lowest BCUT2D eigenvalue weighted by molar-refractivity contribution is 0.112. The number of piperidine rings is 1. The fourth-order valence-electron chi connectivity index (χ4n) is 4.88. The Morgan fingerprint density at radius 1 is 0.875 bits per heavy atom. The highest BCUT2D eigenvalue weighted by Crippen LogP contribution is 2.33. The second-order valence-electron chi connectivity index (χ2n) is 9.44. The Hall–Kier alpha value is -2.85. The third-order valence-corrected chi connectivity index (χ3v) is 7.02. The average Bonchev–Trinajstić information content (AvgIpc) is 3.29. The van der Waals surface area contributed by atoms with Crippen molar-refractivity contribution in [1.29, 1.82) is 0 Å². The first-order chi connectivity index (χ1) is 15.6. The standard InChI is InChI=1S/C28H33N3O/c1-20(2)31-17-25-24-11-7-8-12-27(24)29-28(26(25)18-31)32-19-22-13-15-30(16-14-22)21(3)23-9-5-4-6-10-23/h4-12,17-18,20-22H,13-16,19H2,1-3H3. The average molecular weight is 428 g/mol. The van der Waals surface area contributed by atoms with Crippen molar-refractivity contribution in [3.63, 3.8) is 0 Å². The second-order valence-corrected chi connectivity index (χ2v) is 9.44. The van der Waals surface area contributed by atoms with Gasteiger partial charge in [0.1, 0.15) is 0 Å². The van der Waals surface area contributed by atoms with Crippen molar-refractivity contribution in [3.05, 3.63) is 72.6 Å². The van der Waals surface area contributed by atoms with Crippen LogP contribution in [0.5, 0.6) is 5.88 Å². The van der Waals surface area contributed by atoms with E-state index >= 15 is 0 Å². The Labute approximate surface area is 190 Å². The number of benzene rings is 2. The molecule has 2 aromatic carbocycles. The molecule has 1 aliphatic rings. The van der Waals surface area contributed by atoms with E-state index in [-0.39, 0.29) is 0 Å². The van der Waals surface area contributed by atoms with Crippen molar-refractivity contribution in [3.8, 4) is 5.88 Å². The Morgan fingerprint density at radius 2 is 1.56 bits per heavy atom. The zero-order valence-electron chi connectivity index (χ0n) is 19.4. The van der Waals surface area contributed by atoms with Gasteiger partial charge >= 0.3 is 0 Å². The van der Waals surface area contributed by atoms with Crippen LogP contribution in [0, 0.1) is 5.92 Å². The minimum Gasteiger partial charge on any atom is -0.477 e. The third kappa shape index (κ3) is 4.12. The number of pyridine rings is 1. The minimum absolute atomic E-state index is 0.407. The number of ether oxygens (including phenoxy) is 1.